The molecular weight excluding hydrogens is 320 g/mol. The molecule has 3 rings (SSSR count). The van der Waals surface area contributed by atoms with Crippen molar-refractivity contribution < 1.29 is 9.84 Å². The third kappa shape index (κ3) is 4.35. The Kier molecular flexibility index (Phi) is 6.24. The Morgan fingerprint density at radius 2 is 2.12 bits per heavy atom. The van der Waals surface area contributed by atoms with Gasteiger partial charge in [0.05, 0.1) is 12.3 Å². The minimum Gasteiger partial charge on any atom is -0.494 e. The normalized spacial score (nSPS) is 18.7. The lowest BCUT2D eigenvalue weighted by Gasteiger charge is -2.35. The molecule has 1 aromatic carbocycles. The number of hydrogen-bond acceptors (Lipinski definition) is 5. The molecular formula is C19H26N2O2S. The van der Waals surface area contributed by atoms with E-state index in [4.69, 9.17) is 9.72 Å². The number of rotatable bonds is 7. The van der Waals surface area contributed by atoms with E-state index in [1.807, 2.05) is 19.1 Å². The number of aliphatic hydroxyl groups excluding tert-OH is 1. The first-order valence-electron chi connectivity index (χ1n) is 8.82. The molecule has 0 unspecified atom stereocenters. The van der Waals surface area contributed by atoms with Gasteiger partial charge in [-0.3, -0.25) is 4.90 Å². The van der Waals surface area contributed by atoms with Crippen LogP contribution in [-0.2, 0) is 6.54 Å². The largest absolute Gasteiger partial charge is 0.494 e. The van der Waals surface area contributed by atoms with Crippen molar-refractivity contribution >= 4 is 11.3 Å². The Labute approximate surface area is 148 Å². The van der Waals surface area contributed by atoms with Crippen molar-refractivity contribution in [2.45, 2.75) is 45.2 Å². The second-order valence-electron chi connectivity index (χ2n) is 6.23. The van der Waals surface area contributed by atoms with Gasteiger partial charge in [0.15, 0.2) is 0 Å². The molecule has 1 aliphatic heterocycles. The number of benzene rings is 1. The van der Waals surface area contributed by atoms with E-state index in [0.29, 0.717) is 12.6 Å². The standard InChI is InChI=1S/C19H26N2O2S/c1-2-23-18-8-6-15(7-9-18)19-20-16(14-24-19)13-21-11-4-3-5-17(21)10-12-22/h6-9,14,17,22H,2-5,10-13H2,1H3/t17-/m1/s1. The van der Waals surface area contributed by atoms with Crippen LogP contribution in [0.15, 0.2) is 29.6 Å². The molecule has 0 saturated carbocycles. The Morgan fingerprint density at radius 3 is 2.88 bits per heavy atom. The molecule has 4 nitrogen and oxygen atoms in total. The zero-order valence-corrected chi connectivity index (χ0v) is 15.1. The van der Waals surface area contributed by atoms with Gasteiger partial charge in [0.1, 0.15) is 10.8 Å². The summed E-state index contributed by atoms with van der Waals surface area (Å²) < 4.78 is 5.49. The number of piperidine rings is 1. The van der Waals surface area contributed by atoms with Crippen molar-refractivity contribution in [1.82, 2.24) is 9.88 Å². The van der Waals surface area contributed by atoms with Crippen LogP contribution in [0.2, 0.25) is 0 Å². The number of ether oxygens (including phenoxy) is 1. The van der Waals surface area contributed by atoms with Gasteiger partial charge < -0.3 is 9.84 Å². The van der Waals surface area contributed by atoms with E-state index in [1.165, 1.54) is 19.3 Å². The Morgan fingerprint density at radius 1 is 1.29 bits per heavy atom. The van der Waals surface area contributed by atoms with Gasteiger partial charge in [0, 0.05) is 30.1 Å². The summed E-state index contributed by atoms with van der Waals surface area (Å²) in [5.74, 6) is 0.901. The highest BCUT2D eigenvalue weighted by Gasteiger charge is 2.22. The molecule has 1 atom stereocenters. The molecule has 1 aromatic heterocycles. The fraction of sp³-hybridized carbons (Fsp3) is 0.526. The number of aliphatic hydroxyl groups is 1. The van der Waals surface area contributed by atoms with Crippen molar-refractivity contribution in [1.29, 1.82) is 0 Å². The van der Waals surface area contributed by atoms with Crippen LogP contribution in [0.4, 0.5) is 0 Å². The first-order chi connectivity index (χ1) is 11.8. The van der Waals surface area contributed by atoms with Crippen molar-refractivity contribution in [3.8, 4) is 16.3 Å². The third-order valence-electron chi connectivity index (χ3n) is 4.54. The van der Waals surface area contributed by atoms with Crippen LogP contribution < -0.4 is 4.74 Å². The van der Waals surface area contributed by atoms with Crippen LogP contribution in [0.1, 0.15) is 38.3 Å². The van der Waals surface area contributed by atoms with Gasteiger partial charge in [-0.05, 0) is 57.0 Å². The number of thiazole rings is 1. The summed E-state index contributed by atoms with van der Waals surface area (Å²) in [6.45, 7) is 4.95. The summed E-state index contributed by atoms with van der Waals surface area (Å²) in [5, 5.41) is 12.5. The highest BCUT2D eigenvalue weighted by molar-refractivity contribution is 7.13. The van der Waals surface area contributed by atoms with E-state index in [0.717, 1.165) is 41.5 Å². The zero-order valence-electron chi connectivity index (χ0n) is 14.3. The van der Waals surface area contributed by atoms with Crippen molar-refractivity contribution in [2.24, 2.45) is 0 Å². The van der Waals surface area contributed by atoms with Gasteiger partial charge in [-0.25, -0.2) is 4.98 Å². The van der Waals surface area contributed by atoms with Gasteiger partial charge in [-0.15, -0.1) is 11.3 Å². The molecule has 0 spiro atoms. The molecule has 0 aliphatic carbocycles. The Bertz CT molecular complexity index is 625. The van der Waals surface area contributed by atoms with E-state index in [9.17, 15) is 5.11 Å². The lowest BCUT2D eigenvalue weighted by atomic mass is 9.99. The molecule has 24 heavy (non-hydrogen) atoms. The highest BCUT2D eigenvalue weighted by atomic mass is 32.1. The monoisotopic (exact) mass is 346 g/mol. The molecule has 1 aliphatic rings. The number of hydrogen-bond donors (Lipinski definition) is 1. The highest BCUT2D eigenvalue weighted by Crippen LogP contribution is 2.28. The van der Waals surface area contributed by atoms with E-state index < -0.39 is 0 Å². The molecule has 5 heteroatoms. The van der Waals surface area contributed by atoms with Crippen molar-refractivity contribution in [3.05, 3.63) is 35.3 Å². The molecule has 1 fully saturated rings. The van der Waals surface area contributed by atoms with Crippen molar-refractivity contribution in [3.63, 3.8) is 0 Å². The van der Waals surface area contributed by atoms with Crippen LogP contribution in [0.3, 0.4) is 0 Å². The van der Waals surface area contributed by atoms with Crippen LogP contribution in [0.25, 0.3) is 10.6 Å². The molecule has 2 heterocycles. The average Bonchev–Trinajstić information content (AvgIpc) is 3.06. The maximum absolute atomic E-state index is 9.27. The third-order valence-corrected chi connectivity index (χ3v) is 5.48. The lowest BCUT2D eigenvalue weighted by molar-refractivity contribution is 0.111. The minimum absolute atomic E-state index is 0.273. The van der Waals surface area contributed by atoms with E-state index in [2.05, 4.69) is 22.4 Å². The van der Waals surface area contributed by atoms with Gasteiger partial charge >= 0.3 is 0 Å². The summed E-state index contributed by atoms with van der Waals surface area (Å²) >= 11 is 1.70. The van der Waals surface area contributed by atoms with Gasteiger partial charge in [-0.1, -0.05) is 6.42 Å². The summed E-state index contributed by atoms with van der Waals surface area (Å²) in [4.78, 5) is 7.30. The minimum atomic E-state index is 0.273. The van der Waals surface area contributed by atoms with Gasteiger partial charge in [0.25, 0.3) is 0 Å². The molecule has 0 amide bonds. The lowest BCUT2D eigenvalue weighted by Crippen LogP contribution is -2.39. The maximum atomic E-state index is 9.27. The summed E-state index contributed by atoms with van der Waals surface area (Å²) in [5.41, 5.74) is 2.27. The Hall–Kier alpha value is -1.43. The average molecular weight is 346 g/mol. The van der Waals surface area contributed by atoms with Gasteiger partial charge in [0.2, 0.25) is 0 Å². The molecule has 0 radical (unpaired) electrons. The smallest absolute Gasteiger partial charge is 0.123 e. The topological polar surface area (TPSA) is 45.6 Å². The van der Waals surface area contributed by atoms with Crippen molar-refractivity contribution in [2.75, 3.05) is 19.8 Å². The molecule has 130 valence electrons. The fourth-order valence-corrected chi connectivity index (χ4v) is 4.14. The first-order valence-corrected chi connectivity index (χ1v) is 9.70. The summed E-state index contributed by atoms with van der Waals surface area (Å²) in [7, 11) is 0. The van der Waals surface area contributed by atoms with E-state index in [1.54, 1.807) is 11.3 Å². The Balaban J connectivity index is 1.66. The number of aromatic nitrogens is 1. The number of nitrogens with zero attached hydrogens (tertiary/aromatic N) is 2. The SMILES string of the molecule is CCOc1ccc(-c2nc(CN3CCCC[C@@H]3CCO)cs2)cc1. The fourth-order valence-electron chi connectivity index (χ4n) is 3.32. The molecule has 1 saturated heterocycles. The molecule has 2 aromatic rings. The summed E-state index contributed by atoms with van der Waals surface area (Å²) in [6, 6.07) is 8.65. The van der Waals surface area contributed by atoms with Crippen LogP contribution in [0.5, 0.6) is 5.75 Å². The molecule has 0 bridgehead atoms. The predicted molar refractivity (Wildman–Crippen MR) is 98.5 cm³/mol. The number of likely N-dealkylation sites (tertiary alicyclic amines) is 1. The molecule has 1 N–H and O–H groups in total. The second-order valence-corrected chi connectivity index (χ2v) is 7.09. The van der Waals surface area contributed by atoms with E-state index >= 15 is 0 Å². The first kappa shape index (κ1) is 17.4. The second kappa shape index (κ2) is 8.60. The quantitative estimate of drug-likeness (QED) is 0.825. The predicted octanol–water partition coefficient (Wildman–Crippen LogP) is 3.95. The van der Waals surface area contributed by atoms with Crippen LogP contribution >= 0.6 is 11.3 Å². The zero-order chi connectivity index (χ0) is 16.8. The maximum Gasteiger partial charge on any atom is 0.123 e. The van der Waals surface area contributed by atoms with Crippen LogP contribution in [0, 0.1) is 0 Å². The van der Waals surface area contributed by atoms with Crippen LogP contribution in [-0.4, -0.2) is 40.8 Å². The van der Waals surface area contributed by atoms with E-state index in [-0.39, 0.29) is 6.61 Å². The van der Waals surface area contributed by atoms with Gasteiger partial charge in [-0.2, -0.15) is 0 Å². The summed E-state index contributed by atoms with van der Waals surface area (Å²) in [6.07, 6.45) is 4.58.